The number of aliphatic imine (C=N–C) groups is 2. The molecular formula is C10H21N5. The van der Waals surface area contributed by atoms with Gasteiger partial charge in [0.15, 0.2) is 11.9 Å². The molecule has 1 fully saturated rings. The Bertz CT molecular complexity index is 246. The second-order valence-electron chi connectivity index (χ2n) is 3.71. The maximum absolute atomic E-state index is 4.46. The average molecular weight is 211 g/mol. The summed E-state index contributed by atoms with van der Waals surface area (Å²) < 4.78 is 0. The molecule has 3 N–H and O–H groups in total. The van der Waals surface area contributed by atoms with Crippen molar-refractivity contribution in [2.75, 3.05) is 20.1 Å². The first-order chi connectivity index (χ1) is 7.26. The van der Waals surface area contributed by atoms with Crippen molar-refractivity contribution in [2.45, 2.75) is 32.7 Å². The fourth-order valence-electron chi connectivity index (χ4n) is 1.30. The highest BCUT2D eigenvalue weighted by atomic mass is 15.3. The summed E-state index contributed by atoms with van der Waals surface area (Å²) in [5.74, 6) is 1.60. The van der Waals surface area contributed by atoms with Crippen molar-refractivity contribution >= 4 is 11.9 Å². The molecule has 1 rings (SSSR count). The van der Waals surface area contributed by atoms with E-state index in [1.54, 1.807) is 7.05 Å². The first-order valence-electron chi connectivity index (χ1n) is 5.55. The van der Waals surface area contributed by atoms with Crippen LogP contribution in [0.1, 0.15) is 26.7 Å². The van der Waals surface area contributed by atoms with E-state index in [0.29, 0.717) is 6.04 Å². The maximum Gasteiger partial charge on any atom is 0.198 e. The number of guanidine groups is 2. The lowest BCUT2D eigenvalue weighted by Crippen LogP contribution is -2.42. The van der Waals surface area contributed by atoms with Crippen molar-refractivity contribution in [1.29, 1.82) is 0 Å². The number of hydrogen-bond acceptors (Lipinski definition) is 2. The van der Waals surface area contributed by atoms with E-state index in [2.05, 4.69) is 39.8 Å². The SMILES string of the molecule is CCCCN=C1NC(=NC)NCC(C)N1. The van der Waals surface area contributed by atoms with Crippen LogP contribution in [0, 0.1) is 0 Å². The summed E-state index contributed by atoms with van der Waals surface area (Å²) in [6.07, 6.45) is 2.28. The van der Waals surface area contributed by atoms with Crippen LogP contribution in [0.4, 0.5) is 0 Å². The summed E-state index contributed by atoms with van der Waals surface area (Å²) in [6.45, 7) is 5.99. The Morgan fingerprint density at radius 1 is 1.40 bits per heavy atom. The van der Waals surface area contributed by atoms with Gasteiger partial charge in [0.1, 0.15) is 0 Å². The van der Waals surface area contributed by atoms with Crippen molar-refractivity contribution in [2.24, 2.45) is 9.98 Å². The van der Waals surface area contributed by atoms with Gasteiger partial charge in [0.2, 0.25) is 0 Å². The minimum atomic E-state index is 0.358. The van der Waals surface area contributed by atoms with Crippen LogP contribution in [-0.2, 0) is 0 Å². The lowest BCUT2D eigenvalue weighted by atomic mass is 10.3. The van der Waals surface area contributed by atoms with E-state index in [1.165, 1.54) is 6.42 Å². The zero-order valence-corrected chi connectivity index (χ0v) is 9.80. The van der Waals surface area contributed by atoms with Crippen LogP contribution in [0.2, 0.25) is 0 Å². The minimum Gasteiger partial charge on any atom is -0.354 e. The Labute approximate surface area is 91.5 Å². The molecule has 0 bridgehead atoms. The molecular weight excluding hydrogens is 190 g/mol. The predicted octanol–water partition coefficient (Wildman–Crippen LogP) is 0.299. The molecule has 1 aliphatic rings. The minimum absolute atomic E-state index is 0.358. The van der Waals surface area contributed by atoms with Gasteiger partial charge in [-0.15, -0.1) is 0 Å². The van der Waals surface area contributed by atoms with Crippen LogP contribution in [0.5, 0.6) is 0 Å². The predicted molar refractivity (Wildman–Crippen MR) is 64.3 cm³/mol. The fraction of sp³-hybridized carbons (Fsp3) is 0.800. The van der Waals surface area contributed by atoms with Gasteiger partial charge in [-0.2, -0.15) is 0 Å². The highest BCUT2D eigenvalue weighted by molar-refractivity contribution is 5.99. The van der Waals surface area contributed by atoms with Crippen LogP contribution >= 0.6 is 0 Å². The van der Waals surface area contributed by atoms with E-state index in [0.717, 1.165) is 31.4 Å². The van der Waals surface area contributed by atoms with Gasteiger partial charge in [-0.3, -0.25) is 15.3 Å². The third-order valence-electron chi connectivity index (χ3n) is 2.20. The molecule has 86 valence electrons. The van der Waals surface area contributed by atoms with Crippen molar-refractivity contribution in [1.82, 2.24) is 16.0 Å². The smallest absolute Gasteiger partial charge is 0.198 e. The van der Waals surface area contributed by atoms with Gasteiger partial charge >= 0.3 is 0 Å². The molecule has 0 aromatic carbocycles. The van der Waals surface area contributed by atoms with E-state index in [9.17, 15) is 0 Å². The van der Waals surface area contributed by atoms with E-state index >= 15 is 0 Å². The Balaban J connectivity index is 2.56. The Morgan fingerprint density at radius 2 is 2.20 bits per heavy atom. The van der Waals surface area contributed by atoms with Gasteiger partial charge in [0.25, 0.3) is 0 Å². The van der Waals surface area contributed by atoms with Gasteiger partial charge in [0, 0.05) is 26.2 Å². The van der Waals surface area contributed by atoms with Gasteiger partial charge in [-0.1, -0.05) is 13.3 Å². The van der Waals surface area contributed by atoms with E-state index in [1.807, 2.05) is 0 Å². The lowest BCUT2D eigenvalue weighted by Gasteiger charge is -2.10. The molecule has 1 aliphatic heterocycles. The van der Waals surface area contributed by atoms with Crippen LogP contribution in [0.15, 0.2) is 9.98 Å². The van der Waals surface area contributed by atoms with E-state index in [4.69, 9.17) is 0 Å². The molecule has 0 saturated carbocycles. The summed E-state index contributed by atoms with van der Waals surface area (Å²) >= 11 is 0. The molecule has 1 unspecified atom stereocenters. The van der Waals surface area contributed by atoms with Gasteiger partial charge < -0.3 is 10.6 Å². The number of nitrogens with zero attached hydrogens (tertiary/aromatic N) is 2. The zero-order valence-electron chi connectivity index (χ0n) is 9.80. The highest BCUT2D eigenvalue weighted by Crippen LogP contribution is 1.90. The number of unbranched alkanes of at least 4 members (excludes halogenated alkanes) is 1. The first-order valence-corrected chi connectivity index (χ1v) is 5.55. The zero-order chi connectivity index (χ0) is 11.1. The maximum atomic E-state index is 4.46. The average Bonchev–Trinajstić information content (AvgIpc) is 2.40. The second kappa shape index (κ2) is 6.27. The Hall–Kier alpha value is -1.26. The highest BCUT2D eigenvalue weighted by Gasteiger charge is 2.12. The summed E-state index contributed by atoms with van der Waals surface area (Å²) in [7, 11) is 1.76. The molecule has 0 radical (unpaired) electrons. The Kier molecular flexibility index (Phi) is 4.93. The number of nitrogens with one attached hydrogen (secondary N) is 3. The lowest BCUT2D eigenvalue weighted by molar-refractivity contribution is 0.646. The molecule has 0 amide bonds. The summed E-state index contributed by atoms with van der Waals surface area (Å²) in [5, 5.41) is 9.63. The van der Waals surface area contributed by atoms with Gasteiger partial charge in [0.05, 0.1) is 0 Å². The monoisotopic (exact) mass is 211 g/mol. The van der Waals surface area contributed by atoms with Crippen molar-refractivity contribution in [3.63, 3.8) is 0 Å². The molecule has 0 aromatic heterocycles. The topological polar surface area (TPSA) is 60.8 Å². The van der Waals surface area contributed by atoms with E-state index in [-0.39, 0.29) is 0 Å². The largest absolute Gasteiger partial charge is 0.354 e. The summed E-state index contributed by atoms with van der Waals surface area (Å²) in [4.78, 5) is 8.55. The second-order valence-corrected chi connectivity index (χ2v) is 3.71. The molecule has 1 atom stereocenters. The molecule has 5 nitrogen and oxygen atoms in total. The van der Waals surface area contributed by atoms with Gasteiger partial charge in [-0.05, 0) is 13.3 Å². The van der Waals surface area contributed by atoms with E-state index < -0.39 is 0 Å². The first kappa shape index (κ1) is 11.8. The molecule has 15 heavy (non-hydrogen) atoms. The fourth-order valence-corrected chi connectivity index (χ4v) is 1.30. The molecule has 0 spiro atoms. The molecule has 0 aromatic rings. The quantitative estimate of drug-likeness (QED) is 0.588. The van der Waals surface area contributed by atoms with Crippen molar-refractivity contribution < 1.29 is 0 Å². The Morgan fingerprint density at radius 3 is 2.87 bits per heavy atom. The molecule has 1 heterocycles. The third kappa shape index (κ3) is 4.18. The van der Waals surface area contributed by atoms with Crippen LogP contribution in [0.25, 0.3) is 0 Å². The standard InChI is InChI=1S/C10H21N5/c1-4-5-6-12-10-14-8(2)7-13-9(11-3)15-10/h8H,4-7H2,1-3H3,(H3,11,12,13,14,15). The van der Waals surface area contributed by atoms with Gasteiger partial charge in [-0.25, -0.2) is 0 Å². The van der Waals surface area contributed by atoms with Crippen LogP contribution in [-0.4, -0.2) is 38.1 Å². The molecule has 5 heteroatoms. The van der Waals surface area contributed by atoms with Crippen molar-refractivity contribution in [3.05, 3.63) is 0 Å². The number of hydrogen-bond donors (Lipinski definition) is 3. The van der Waals surface area contributed by atoms with Crippen molar-refractivity contribution in [3.8, 4) is 0 Å². The van der Waals surface area contributed by atoms with Crippen LogP contribution < -0.4 is 16.0 Å². The molecule has 0 aliphatic carbocycles. The van der Waals surface area contributed by atoms with Crippen LogP contribution in [0.3, 0.4) is 0 Å². The molecule has 1 saturated heterocycles. The number of rotatable bonds is 3. The summed E-state index contributed by atoms with van der Waals surface area (Å²) in [6, 6.07) is 0.358. The normalized spacial score (nSPS) is 26.7. The summed E-state index contributed by atoms with van der Waals surface area (Å²) in [5.41, 5.74) is 0. The third-order valence-corrected chi connectivity index (χ3v) is 2.20.